The van der Waals surface area contributed by atoms with Crippen LogP contribution in [0.5, 0.6) is 11.5 Å². The van der Waals surface area contributed by atoms with E-state index in [-0.39, 0.29) is 23.3 Å². The van der Waals surface area contributed by atoms with Crippen molar-refractivity contribution < 1.29 is 35.6 Å². The molecule has 0 aromatic heterocycles. The fourth-order valence-electron chi connectivity index (χ4n) is 3.98. The second-order valence-corrected chi connectivity index (χ2v) is 12.1. The van der Waals surface area contributed by atoms with Gasteiger partial charge in [-0.05, 0) is 73.4 Å². The van der Waals surface area contributed by atoms with Crippen molar-refractivity contribution in [1.82, 2.24) is 0 Å². The van der Waals surface area contributed by atoms with E-state index in [0.717, 1.165) is 16.7 Å². The van der Waals surface area contributed by atoms with Crippen LogP contribution >= 0.6 is 0 Å². The second kappa shape index (κ2) is 10.2. The van der Waals surface area contributed by atoms with Gasteiger partial charge >= 0.3 is 15.6 Å². The zero-order valence-corrected chi connectivity index (χ0v) is 23.0. The van der Waals surface area contributed by atoms with Gasteiger partial charge in [-0.2, -0.15) is 21.6 Å². The Balaban J connectivity index is 2.42. The van der Waals surface area contributed by atoms with Crippen LogP contribution in [0.25, 0.3) is 0 Å². The lowest BCUT2D eigenvalue weighted by molar-refractivity contribution is -0.0725. The van der Waals surface area contributed by atoms with Crippen molar-refractivity contribution in [2.75, 3.05) is 6.61 Å². The number of halogens is 3. The molecule has 0 amide bonds. The Labute approximate surface area is 212 Å². The highest BCUT2D eigenvalue weighted by atomic mass is 32.2. The van der Waals surface area contributed by atoms with E-state index in [2.05, 4.69) is 4.18 Å². The molecule has 1 atom stereocenters. The molecule has 0 fully saturated rings. The molecular weight excluding hydrogens is 493 g/mol. The quantitative estimate of drug-likeness (QED) is 0.285. The third-order valence-corrected chi connectivity index (χ3v) is 8.24. The van der Waals surface area contributed by atoms with Crippen LogP contribution in [0, 0.1) is 19.3 Å². The largest absolute Gasteiger partial charge is 0.534 e. The number of rotatable bonds is 9. The zero-order chi connectivity index (χ0) is 27.7. The maximum Gasteiger partial charge on any atom is 0.534 e. The van der Waals surface area contributed by atoms with E-state index in [1.165, 1.54) is 13.0 Å². The molecule has 0 aliphatic rings. The average Bonchev–Trinajstić information content (AvgIpc) is 2.74. The molecule has 0 radical (unpaired) electrons. The summed E-state index contributed by atoms with van der Waals surface area (Å²) in [4.78, 5) is 0. The van der Waals surface area contributed by atoms with Gasteiger partial charge in [-0.3, -0.25) is 0 Å². The third kappa shape index (κ3) is 5.99. The van der Waals surface area contributed by atoms with E-state index >= 15 is 0 Å². The van der Waals surface area contributed by atoms with Crippen molar-refractivity contribution in [3.05, 3.63) is 58.7 Å². The molecule has 0 aliphatic carbocycles. The lowest BCUT2D eigenvalue weighted by Crippen LogP contribution is -2.45. The number of aliphatic hydroxyl groups is 1. The van der Waals surface area contributed by atoms with E-state index < -0.39 is 26.6 Å². The molecule has 2 aromatic rings. The Kier molecular flexibility index (Phi) is 8.53. The Morgan fingerprint density at radius 1 is 0.833 bits per heavy atom. The minimum atomic E-state index is -5.75. The Morgan fingerprint density at radius 2 is 1.28 bits per heavy atom. The van der Waals surface area contributed by atoms with Crippen LogP contribution in [0.2, 0.25) is 0 Å². The van der Waals surface area contributed by atoms with Gasteiger partial charge < -0.3 is 14.0 Å². The van der Waals surface area contributed by atoms with Crippen LogP contribution in [0.3, 0.4) is 0 Å². The van der Waals surface area contributed by atoms with Gasteiger partial charge in [0.2, 0.25) is 0 Å². The molecule has 0 aliphatic heterocycles. The highest BCUT2D eigenvalue weighted by molar-refractivity contribution is 7.88. The van der Waals surface area contributed by atoms with Gasteiger partial charge in [0.15, 0.2) is 0 Å². The van der Waals surface area contributed by atoms with Crippen LogP contribution in [-0.4, -0.2) is 31.2 Å². The molecule has 0 heterocycles. The van der Waals surface area contributed by atoms with Crippen LogP contribution in [0.1, 0.15) is 76.6 Å². The molecular formula is C27H37F3O5S. The summed E-state index contributed by atoms with van der Waals surface area (Å²) in [6.45, 7) is 15.2. The van der Waals surface area contributed by atoms with Crippen molar-refractivity contribution >= 4 is 10.1 Å². The number of hydrogen-bond acceptors (Lipinski definition) is 5. The molecule has 2 aromatic carbocycles. The number of alkyl halides is 3. The number of hydrogen-bond donors (Lipinski definition) is 1. The summed E-state index contributed by atoms with van der Waals surface area (Å²) in [5, 5.41) is 10.7. The molecule has 202 valence electrons. The first kappa shape index (κ1) is 30.0. The molecule has 9 heteroatoms. The van der Waals surface area contributed by atoms with Crippen molar-refractivity contribution in [2.45, 2.75) is 84.8 Å². The Morgan fingerprint density at radius 3 is 1.64 bits per heavy atom. The minimum Gasteiger partial charge on any atom is -0.490 e. The van der Waals surface area contributed by atoms with E-state index in [1.54, 1.807) is 19.1 Å². The fourth-order valence-corrected chi connectivity index (χ4v) is 4.50. The van der Waals surface area contributed by atoms with Crippen LogP contribution in [0.15, 0.2) is 36.4 Å². The molecule has 2 rings (SSSR count). The highest BCUT2D eigenvalue weighted by Gasteiger charge is 2.48. The summed E-state index contributed by atoms with van der Waals surface area (Å²) in [6.07, 6.45) is 1.39. The van der Waals surface area contributed by atoms with Crippen LogP contribution < -0.4 is 8.92 Å². The van der Waals surface area contributed by atoms with Crippen molar-refractivity contribution in [3.63, 3.8) is 0 Å². The van der Waals surface area contributed by atoms with Gasteiger partial charge in [-0.25, -0.2) is 0 Å². The monoisotopic (exact) mass is 530 g/mol. The Bertz CT molecular complexity index is 1170. The number of benzene rings is 2. The predicted molar refractivity (Wildman–Crippen MR) is 135 cm³/mol. The first-order chi connectivity index (χ1) is 16.3. The SMILES string of the molecule is CCC(CC)(c1ccc(OCC(C)(O)C(C)(C)C)c(C)c1)c1ccc(OS(=O)(=O)C(F)(F)F)c(C)c1. The van der Waals surface area contributed by atoms with Crippen LogP contribution in [-0.2, 0) is 15.5 Å². The fraction of sp³-hybridized carbons (Fsp3) is 0.556. The molecule has 36 heavy (non-hydrogen) atoms. The summed E-state index contributed by atoms with van der Waals surface area (Å²) in [6, 6.07) is 10.4. The third-order valence-electron chi connectivity index (χ3n) is 7.27. The first-order valence-electron chi connectivity index (χ1n) is 11.9. The topological polar surface area (TPSA) is 72.8 Å². The first-order valence-corrected chi connectivity index (χ1v) is 13.3. The van der Waals surface area contributed by atoms with Crippen molar-refractivity contribution in [2.24, 2.45) is 5.41 Å². The summed E-state index contributed by atoms with van der Waals surface area (Å²) in [5.74, 6) is 0.296. The van der Waals surface area contributed by atoms with E-state index in [1.807, 2.05) is 59.7 Å². The maximum absolute atomic E-state index is 12.8. The molecule has 0 bridgehead atoms. The normalized spacial score (nSPS) is 14.9. The van der Waals surface area contributed by atoms with Gasteiger partial charge in [0.25, 0.3) is 0 Å². The molecule has 0 spiro atoms. The van der Waals surface area contributed by atoms with Crippen molar-refractivity contribution in [1.29, 1.82) is 0 Å². The van der Waals surface area contributed by atoms with Gasteiger partial charge in [-0.1, -0.05) is 58.9 Å². The maximum atomic E-state index is 12.8. The van der Waals surface area contributed by atoms with E-state index in [0.29, 0.717) is 18.6 Å². The molecule has 5 nitrogen and oxygen atoms in total. The predicted octanol–water partition coefficient (Wildman–Crippen LogP) is 6.81. The zero-order valence-electron chi connectivity index (χ0n) is 22.2. The summed E-state index contributed by atoms with van der Waals surface area (Å²) in [7, 11) is -5.75. The van der Waals surface area contributed by atoms with Crippen molar-refractivity contribution in [3.8, 4) is 11.5 Å². The number of aryl methyl sites for hydroxylation is 2. The average molecular weight is 531 g/mol. The molecule has 0 saturated carbocycles. The molecule has 1 unspecified atom stereocenters. The second-order valence-electron chi connectivity index (χ2n) is 10.5. The minimum absolute atomic E-state index is 0.130. The van der Waals surface area contributed by atoms with Gasteiger partial charge in [-0.15, -0.1) is 0 Å². The molecule has 0 saturated heterocycles. The lowest BCUT2D eigenvalue weighted by Gasteiger charge is -2.37. The number of ether oxygens (including phenoxy) is 1. The van der Waals surface area contributed by atoms with Gasteiger partial charge in [0.05, 0.1) is 0 Å². The summed E-state index contributed by atoms with van der Waals surface area (Å²) in [5.41, 5.74) is -4.36. The smallest absolute Gasteiger partial charge is 0.490 e. The summed E-state index contributed by atoms with van der Waals surface area (Å²) >= 11 is 0. The van der Waals surface area contributed by atoms with Gasteiger partial charge in [0, 0.05) is 5.41 Å². The Hall–Kier alpha value is -2.26. The summed E-state index contributed by atoms with van der Waals surface area (Å²) < 4.78 is 71.5. The molecule has 1 N–H and O–H groups in total. The highest BCUT2D eigenvalue weighted by Crippen LogP contribution is 2.42. The van der Waals surface area contributed by atoms with Crippen LogP contribution in [0.4, 0.5) is 13.2 Å². The van der Waals surface area contributed by atoms with Gasteiger partial charge in [0.1, 0.15) is 23.7 Å². The standard InChI is InChI=1S/C27H37F3O5S/c1-9-26(10-2,21-12-14-23(19(4)16-21)35-36(32,33)27(28,29)30)20-11-13-22(18(3)15-20)34-17-25(8,31)24(5,6)7/h11-16,31H,9-10,17H2,1-8H3. The lowest BCUT2D eigenvalue weighted by atomic mass is 9.70. The van der Waals surface area contributed by atoms with E-state index in [9.17, 15) is 26.7 Å². The van der Waals surface area contributed by atoms with E-state index in [4.69, 9.17) is 4.74 Å².